The lowest BCUT2D eigenvalue weighted by Gasteiger charge is -2.35. The summed E-state index contributed by atoms with van der Waals surface area (Å²) in [7, 11) is 1.81. The topological polar surface area (TPSA) is 48.9 Å². The number of halogens is 1. The van der Waals surface area contributed by atoms with Crippen molar-refractivity contribution in [2.45, 2.75) is 38.5 Å². The quantitative estimate of drug-likeness (QED) is 0.425. The first-order valence-electron chi connectivity index (χ1n) is 8.61. The smallest absolute Gasteiger partial charge is 0.191 e. The standard InChI is InChI=1S/C18H28N4O.HI/c1-14-6-3-4-7-15(14)10-20-18(19-2)21-11-17-12-22-9-5-8-16(22)13-23-17;/h3-4,6-7,16-17H,5,8-13H2,1-2H3,(H2,19,20,21);1H. The molecule has 6 heteroatoms. The van der Waals surface area contributed by atoms with Gasteiger partial charge in [0.25, 0.3) is 0 Å². The van der Waals surface area contributed by atoms with Crippen LogP contribution in [-0.4, -0.2) is 56.3 Å². The fraction of sp³-hybridized carbons (Fsp3) is 0.611. The highest BCUT2D eigenvalue weighted by Gasteiger charge is 2.32. The van der Waals surface area contributed by atoms with Gasteiger partial charge in [0.1, 0.15) is 0 Å². The fourth-order valence-electron chi connectivity index (χ4n) is 3.43. The molecule has 2 atom stereocenters. The molecule has 0 bridgehead atoms. The van der Waals surface area contributed by atoms with Crippen LogP contribution in [0.2, 0.25) is 0 Å². The van der Waals surface area contributed by atoms with E-state index in [0.29, 0.717) is 6.04 Å². The molecule has 5 nitrogen and oxygen atoms in total. The molecule has 2 aliphatic heterocycles. The van der Waals surface area contributed by atoms with Crippen molar-refractivity contribution < 1.29 is 4.74 Å². The van der Waals surface area contributed by atoms with Crippen LogP contribution in [0.15, 0.2) is 29.3 Å². The van der Waals surface area contributed by atoms with E-state index in [0.717, 1.165) is 32.2 Å². The first kappa shape index (κ1) is 19.5. The number of benzene rings is 1. The summed E-state index contributed by atoms with van der Waals surface area (Å²) in [6, 6.07) is 9.08. The molecule has 0 aromatic heterocycles. The fourth-order valence-corrected chi connectivity index (χ4v) is 3.43. The van der Waals surface area contributed by atoms with Crippen molar-refractivity contribution in [1.29, 1.82) is 0 Å². The molecule has 2 unspecified atom stereocenters. The Morgan fingerprint density at radius 1 is 1.33 bits per heavy atom. The first-order valence-corrected chi connectivity index (χ1v) is 8.61. The van der Waals surface area contributed by atoms with Crippen molar-refractivity contribution in [2.24, 2.45) is 4.99 Å². The Balaban J connectivity index is 0.00000208. The molecule has 1 aromatic carbocycles. The molecule has 2 saturated heterocycles. The van der Waals surface area contributed by atoms with Gasteiger partial charge in [-0.1, -0.05) is 24.3 Å². The van der Waals surface area contributed by atoms with Crippen LogP contribution in [0.4, 0.5) is 0 Å². The third kappa shape index (κ3) is 5.07. The highest BCUT2D eigenvalue weighted by atomic mass is 127. The Morgan fingerprint density at radius 3 is 2.96 bits per heavy atom. The average molecular weight is 444 g/mol. The minimum absolute atomic E-state index is 0. The lowest BCUT2D eigenvalue weighted by atomic mass is 10.1. The molecular formula is C18H29IN4O. The van der Waals surface area contributed by atoms with Crippen LogP contribution < -0.4 is 10.6 Å². The zero-order valence-electron chi connectivity index (χ0n) is 14.6. The van der Waals surface area contributed by atoms with Gasteiger partial charge < -0.3 is 15.4 Å². The number of ether oxygens (including phenoxy) is 1. The Hall–Kier alpha value is -0.860. The van der Waals surface area contributed by atoms with Crippen LogP contribution in [0.25, 0.3) is 0 Å². The summed E-state index contributed by atoms with van der Waals surface area (Å²) < 4.78 is 5.98. The molecule has 0 amide bonds. The molecule has 0 spiro atoms. The summed E-state index contributed by atoms with van der Waals surface area (Å²) in [6.45, 7) is 6.86. The van der Waals surface area contributed by atoms with Crippen LogP contribution >= 0.6 is 24.0 Å². The van der Waals surface area contributed by atoms with Gasteiger partial charge in [-0.25, -0.2) is 0 Å². The van der Waals surface area contributed by atoms with Gasteiger partial charge in [0, 0.05) is 32.7 Å². The molecule has 134 valence electrons. The van der Waals surface area contributed by atoms with E-state index in [1.165, 1.54) is 30.5 Å². The van der Waals surface area contributed by atoms with Crippen molar-refractivity contribution in [3.05, 3.63) is 35.4 Å². The number of rotatable bonds is 4. The SMILES string of the molecule is CN=C(NCc1ccccc1C)NCC1CN2CCCC2CO1.I. The van der Waals surface area contributed by atoms with E-state index in [1.54, 1.807) is 0 Å². The van der Waals surface area contributed by atoms with Gasteiger partial charge in [0.05, 0.1) is 12.7 Å². The molecular weight excluding hydrogens is 415 g/mol. The number of fused-ring (bicyclic) bond motifs is 1. The molecule has 3 rings (SSSR count). The van der Waals surface area contributed by atoms with E-state index >= 15 is 0 Å². The predicted octanol–water partition coefficient (Wildman–Crippen LogP) is 2.14. The second kappa shape index (κ2) is 9.58. The van der Waals surface area contributed by atoms with E-state index in [-0.39, 0.29) is 30.1 Å². The second-order valence-corrected chi connectivity index (χ2v) is 6.48. The largest absolute Gasteiger partial charge is 0.373 e. The van der Waals surface area contributed by atoms with Crippen molar-refractivity contribution in [3.8, 4) is 0 Å². The Kier molecular flexibility index (Phi) is 7.77. The van der Waals surface area contributed by atoms with Crippen LogP contribution in [0, 0.1) is 6.92 Å². The molecule has 1 aromatic rings. The maximum atomic E-state index is 5.98. The minimum Gasteiger partial charge on any atom is -0.373 e. The lowest BCUT2D eigenvalue weighted by molar-refractivity contribution is -0.0453. The van der Waals surface area contributed by atoms with Crippen LogP contribution in [0.5, 0.6) is 0 Å². The zero-order chi connectivity index (χ0) is 16.1. The summed E-state index contributed by atoms with van der Waals surface area (Å²) in [4.78, 5) is 6.88. The number of hydrogen-bond donors (Lipinski definition) is 2. The number of hydrogen-bond acceptors (Lipinski definition) is 3. The molecule has 2 fully saturated rings. The van der Waals surface area contributed by atoms with Gasteiger partial charge in [-0.2, -0.15) is 0 Å². The summed E-state index contributed by atoms with van der Waals surface area (Å²) in [5.41, 5.74) is 2.59. The number of morpholine rings is 1. The number of aliphatic imine (C=N–C) groups is 1. The zero-order valence-corrected chi connectivity index (χ0v) is 17.0. The summed E-state index contributed by atoms with van der Waals surface area (Å²) >= 11 is 0. The number of nitrogens with zero attached hydrogens (tertiary/aromatic N) is 2. The summed E-state index contributed by atoms with van der Waals surface area (Å²) in [5, 5.41) is 6.78. The maximum Gasteiger partial charge on any atom is 0.191 e. The predicted molar refractivity (Wildman–Crippen MR) is 109 cm³/mol. The highest BCUT2D eigenvalue weighted by molar-refractivity contribution is 14.0. The lowest BCUT2D eigenvalue weighted by Crippen LogP contribution is -2.51. The Bertz CT molecular complexity index is 552. The van der Waals surface area contributed by atoms with Gasteiger partial charge in [-0.15, -0.1) is 24.0 Å². The van der Waals surface area contributed by atoms with Crippen molar-refractivity contribution in [1.82, 2.24) is 15.5 Å². The van der Waals surface area contributed by atoms with E-state index in [2.05, 4.69) is 51.7 Å². The van der Waals surface area contributed by atoms with Gasteiger partial charge in [-0.05, 0) is 37.4 Å². The molecule has 24 heavy (non-hydrogen) atoms. The third-order valence-electron chi connectivity index (χ3n) is 4.89. The van der Waals surface area contributed by atoms with E-state index in [1.807, 2.05) is 7.05 Å². The molecule has 0 saturated carbocycles. The van der Waals surface area contributed by atoms with Crippen molar-refractivity contribution in [2.75, 3.05) is 33.3 Å². The average Bonchev–Trinajstić information content (AvgIpc) is 3.04. The van der Waals surface area contributed by atoms with Gasteiger partial charge in [0.2, 0.25) is 0 Å². The molecule has 0 aliphatic carbocycles. The number of aryl methyl sites for hydroxylation is 1. The second-order valence-electron chi connectivity index (χ2n) is 6.48. The van der Waals surface area contributed by atoms with Crippen LogP contribution in [0.3, 0.4) is 0 Å². The first-order chi connectivity index (χ1) is 11.3. The maximum absolute atomic E-state index is 5.98. The number of nitrogens with one attached hydrogen (secondary N) is 2. The van der Waals surface area contributed by atoms with Gasteiger partial charge in [0.15, 0.2) is 5.96 Å². The van der Waals surface area contributed by atoms with Gasteiger partial charge in [-0.3, -0.25) is 9.89 Å². The normalized spacial score (nSPS) is 24.2. The summed E-state index contributed by atoms with van der Waals surface area (Å²) in [6.07, 6.45) is 2.86. The Labute approximate surface area is 162 Å². The van der Waals surface area contributed by atoms with E-state index < -0.39 is 0 Å². The van der Waals surface area contributed by atoms with Gasteiger partial charge >= 0.3 is 0 Å². The van der Waals surface area contributed by atoms with Crippen LogP contribution in [-0.2, 0) is 11.3 Å². The minimum atomic E-state index is 0. The summed E-state index contributed by atoms with van der Waals surface area (Å²) in [5.74, 6) is 0.834. The number of guanidine groups is 1. The third-order valence-corrected chi connectivity index (χ3v) is 4.89. The Morgan fingerprint density at radius 2 is 2.17 bits per heavy atom. The highest BCUT2D eigenvalue weighted by Crippen LogP contribution is 2.22. The molecule has 2 N–H and O–H groups in total. The van der Waals surface area contributed by atoms with Crippen molar-refractivity contribution >= 4 is 29.9 Å². The van der Waals surface area contributed by atoms with Crippen molar-refractivity contribution in [3.63, 3.8) is 0 Å². The van der Waals surface area contributed by atoms with E-state index in [9.17, 15) is 0 Å². The van der Waals surface area contributed by atoms with E-state index in [4.69, 9.17) is 4.74 Å². The molecule has 2 aliphatic rings. The molecule has 0 radical (unpaired) electrons. The monoisotopic (exact) mass is 444 g/mol. The van der Waals surface area contributed by atoms with Crippen LogP contribution in [0.1, 0.15) is 24.0 Å². The molecule has 2 heterocycles.